The van der Waals surface area contributed by atoms with E-state index < -0.39 is 0 Å². The Morgan fingerprint density at radius 1 is 1.36 bits per heavy atom. The number of methoxy groups -OCH3 is 1. The van der Waals surface area contributed by atoms with Gasteiger partial charge in [0, 0.05) is 32.8 Å². The van der Waals surface area contributed by atoms with E-state index in [1.807, 2.05) is 4.90 Å². The predicted molar refractivity (Wildman–Crippen MR) is 87.0 cm³/mol. The zero-order valence-corrected chi connectivity index (χ0v) is 14.3. The Morgan fingerprint density at radius 2 is 2.14 bits per heavy atom. The molecule has 0 aromatic carbocycles. The summed E-state index contributed by atoms with van der Waals surface area (Å²) in [5.74, 6) is 0.604. The number of carbonyl (C=O) groups is 1. The topological polar surface area (TPSA) is 50.8 Å². The molecule has 0 unspecified atom stereocenters. The molecule has 3 atom stereocenters. The van der Waals surface area contributed by atoms with Gasteiger partial charge in [0.15, 0.2) is 0 Å². The van der Waals surface area contributed by atoms with Crippen LogP contribution >= 0.6 is 0 Å². The Labute approximate surface area is 134 Å². The fourth-order valence-electron chi connectivity index (χ4n) is 3.68. The van der Waals surface area contributed by atoms with Crippen molar-refractivity contribution < 1.29 is 14.3 Å². The molecule has 2 fully saturated rings. The van der Waals surface area contributed by atoms with Gasteiger partial charge in [-0.3, -0.25) is 0 Å². The van der Waals surface area contributed by atoms with Crippen molar-refractivity contribution in [1.29, 1.82) is 0 Å². The average Bonchev–Trinajstić information content (AvgIpc) is 2.56. The van der Waals surface area contributed by atoms with Crippen LogP contribution in [0.15, 0.2) is 0 Å². The van der Waals surface area contributed by atoms with Crippen molar-refractivity contribution in [2.45, 2.75) is 70.6 Å². The highest BCUT2D eigenvalue weighted by atomic mass is 16.5. The van der Waals surface area contributed by atoms with Crippen molar-refractivity contribution in [3.05, 3.63) is 0 Å². The molecule has 2 rings (SSSR count). The van der Waals surface area contributed by atoms with E-state index in [1.54, 1.807) is 7.11 Å². The van der Waals surface area contributed by atoms with E-state index in [4.69, 9.17) is 9.47 Å². The molecule has 0 radical (unpaired) electrons. The van der Waals surface area contributed by atoms with E-state index in [-0.39, 0.29) is 18.2 Å². The summed E-state index contributed by atoms with van der Waals surface area (Å²) < 4.78 is 11.3. The summed E-state index contributed by atoms with van der Waals surface area (Å²) in [5, 5.41) is 3.22. The van der Waals surface area contributed by atoms with Crippen LogP contribution in [0.4, 0.5) is 4.79 Å². The maximum absolute atomic E-state index is 12.5. The third-order valence-corrected chi connectivity index (χ3v) is 5.22. The number of ether oxygens (including phenoxy) is 2. The van der Waals surface area contributed by atoms with Crippen molar-refractivity contribution in [3.63, 3.8) is 0 Å². The first-order valence-electron chi connectivity index (χ1n) is 8.87. The van der Waals surface area contributed by atoms with Gasteiger partial charge in [0.2, 0.25) is 0 Å². The second-order valence-corrected chi connectivity index (χ2v) is 6.60. The first-order chi connectivity index (χ1) is 10.7. The average molecular weight is 312 g/mol. The van der Waals surface area contributed by atoms with Crippen LogP contribution in [0.5, 0.6) is 0 Å². The highest BCUT2D eigenvalue weighted by molar-refractivity contribution is 5.74. The van der Waals surface area contributed by atoms with E-state index in [1.165, 1.54) is 0 Å². The Hall–Kier alpha value is -0.810. The third kappa shape index (κ3) is 4.59. The maximum Gasteiger partial charge on any atom is 0.317 e. The minimum Gasteiger partial charge on any atom is -0.380 e. The predicted octanol–water partition coefficient (Wildman–Crippen LogP) is 2.79. The van der Waals surface area contributed by atoms with Gasteiger partial charge < -0.3 is 19.7 Å². The lowest BCUT2D eigenvalue weighted by atomic mass is 9.89. The first kappa shape index (κ1) is 17.5. The zero-order valence-electron chi connectivity index (χ0n) is 14.3. The fraction of sp³-hybridized carbons (Fsp3) is 0.941. The minimum absolute atomic E-state index is 0.0666. The summed E-state index contributed by atoms with van der Waals surface area (Å²) in [6, 6.07) is 0.312. The molecule has 2 aliphatic rings. The molecule has 0 bridgehead atoms. The molecule has 2 saturated heterocycles. The highest BCUT2D eigenvalue weighted by Crippen LogP contribution is 2.25. The lowest BCUT2D eigenvalue weighted by molar-refractivity contribution is -0.0341. The van der Waals surface area contributed by atoms with Crippen molar-refractivity contribution in [2.75, 3.05) is 26.8 Å². The lowest BCUT2D eigenvalue weighted by Crippen LogP contribution is -2.52. The monoisotopic (exact) mass is 312 g/mol. The Balaban J connectivity index is 1.83. The van der Waals surface area contributed by atoms with Gasteiger partial charge in [0.25, 0.3) is 0 Å². The first-order valence-corrected chi connectivity index (χ1v) is 8.87. The van der Waals surface area contributed by atoms with E-state index in [0.29, 0.717) is 18.6 Å². The van der Waals surface area contributed by atoms with Crippen LogP contribution in [0.2, 0.25) is 0 Å². The molecule has 2 heterocycles. The quantitative estimate of drug-likeness (QED) is 0.849. The van der Waals surface area contributed by atoms with Gasteiger partial charge in [-0.25, -0.2) is 4.79 Å². The fourth-order valence-corrected chi connectivity index (χ4v) is 3.68. The molecule has 0 aromatic heterocycles. The molecule has 128 valence electrons. The van der Waals surface area contributed by atoms with Crippen LogP contribution in [0.1, 0.15) is 52.4 Å². The molecule has 22 heavy (non-hydrogen) atoms. The standard InChI is InChI=1S/C17H32N2O3/c1-4-13(5-2)16-11-14(8-10-22-16)18-17(20)19-9-6-7-15(12-19)21-3/h13-16H,4-12H2,1-3H3,(H,18,20)/t14-,15+,16-/m0/s1. The number of hydrogen-bond donors (Lipinski definition) is 1. The molecule has 2 aliphatic heterocycles. The van der Waals surface area contributed by atoms with E-state index in [9.17, 15) is 4.79 Å². The minimum atomic E-state index is 0.0666. The molecule has 0 aromatic rings. The number of rotatable bonds is 5. The third-order valence-electron chi connectivity index (χ3n) is 5.22. The largest absolute Gasteiger partial charge is 0.380 e. The SMILES string of the molecule is CCC(CC)[C@@H]1C[C@@H](NC(=O)N2CCC[C@@H](OC)C2)CCO1. The van der Waals surface area contributed by atoms with Crippen molar-refractivity contribution in [2.24, 2.45) is 5.92 Å². The molecule has 5 nitrogen and oxygen atoms in total. The number of nitrogens with one attached hydrogen (secondary N) is 1. The molecule has 0 aliphatic carbocycles. The number of hydrogen-bond acceptors (Lipinski definition) is 3. The highest BCUT2D eigenvalue weighted by Gasteiger charge is 2.30. The Morgan fingerprint density at radius 3 is 2.82 bits per heavy atom. The van der Waals surface area contributed by atoms with Gasteiger partial charge in [0.1, 0.15) is 0 Å². The summed E-state index contributed by atoms with van der Waals surface area (Å²) in [4.78, 5) is 14.4. The number of likely N-dealkylation sites (tertiary alicyclic amines) is 1. The number of piperidine rings is 1. The molecule has 0 saturated carbocycles. The van der Waals surface area contributed by atoms with Crippen LogP contribution in [-0.2, 0) is 9.47 Å². The van der Waals surface area contributed by atoms with Gasteiger partial charge in [-0.2, -0.15) is 0 Å². The van der Waals surface area contributed by atoms with Crippen LogP contribution in [0.25, 0.3) is 0 Å². The number of nitrogens with zero attached hydrogens (tertiary/aromatic N) is 1. The lowest BCUT2D eigenvalue weighted by Gasteiger charge is -2.37. The Bertz CT molecular complexity index is 347. The van der Waals surface area contributed by atoms with Crippen LogP contribution in [-0.4, -0.2) is 56.0 Å². The summed E-state index contributed by atoms with van der Waals surface area (Å²) in [6.45, 7) is 6.75. The van der Waals surface area contributed by atoms with Gasteiger partial charge in [0.05, 0.1) is 12.2 Å². The molecule has 2 amide bonds. The molecule has 1 N–H and O–H groups in total. The zero-order chi connectivity index (χ0) is 15.9. The summed E-state index contributed by atoms with van der Waals surface area (Å²) in [6.07, 6.45) is 6.70. The Kier molecular flexibility index (Phi) is 6.96. The smallest absolute Gasteiger partial charge is 0.317 e. The number of carbonyl (C=O) groups excluding carboxylic acids is 1. The molecule has 0 spiro atoms. The normalized spacial score (nSPS) is 29.6. The number of urea groups is 1. The maximum atomic E-state index is 12.5. The van der Waals surface area contributed by atoms with Crippen LogP contribution in [0.3, 0.4) is 0 Å². The summed E-state index contributed by atoms with van der Waals surface area (Å²) in [7, 11) is 1.73. The van der Waals surface area contributed by atoms with Crippen molar-refractivity contribution >= 4 is 6.03 Å². The second kappa shape index (κ2) is 8.73. The molecular formula is C17H32N2O3. The van der Waals surface area contributed by atoms with Gasteiger partial charge in [-0.05, 0) is 31.6 Å². The summed E-state index contributed by atoms with van der Waals surface area (Å²) >= 11 is 0. The summed E-state index contributed by atoms with van der Waals surface area (Å²) in [5.41, 5.74) is 0. The van der Waals surface area contributed by atoms with E-state index in [2.05, 4.69) is 19.2 Å². The van der Waals surface area contributed by atoms with E-state index >= 15 is 0 Å². The van der Waals surface area contributed by atoms with Crippen molar-refractivity contribution in [3.8, 4) is 0 Å². The molecule has 5 heteroatoms. The number of amides is 2. The van der Waals surface area contributed by atoms with Gasteiger partial charge in [-0.1, -0.05) is 26.7 Å². The van der Waals surface area contributed by atoms with Gasteiger partial charge in [-0.15, -0.1) is 0 Å². The van der Waals surface area contributed by atoms with Crippen LogP contribution in [0, 0.1) is 5.92 Å². The van der Waals surface area contributed by atoms with E-state index in [0.717, 1.165) is 51.7 Å². The van der Waals surface area contributed by atoms with Crippen LogP contribution < -0.4 is 5.32 Å². The van der Waals surface area contributed by atoms with Gasteiger partial charge >= 0.3 is 6.03 Å². The second-order valence-electron chi connectivity index (χ2n) is 6.60. The van der Waals surface area contributed by atoms with Crippen molar-refractivity contribution in [1.82, 2.24) is 10.2 Å². The molecular weight excluding hydrogens is 280 g/mol.